The van der Waals surface area contributed by atoms with Crippen LogP contribution in [0, 0.1) is 5.41 Å². The van der Waals surface area contributed by atoms with Crippen LogP contribution < -0.4 is 0 Å². The zero-order chi connectivity index (χ0) is 14.8. The fraction of sp³-hybridized carbons (Fsp3) is 0.500. The monoisotopic (exact) mass is 274 g/mol. The average Bonchev–Trinajstić information content (AvgIpc) is 2.60. The first kappa shape index (κ1) is 14.6. The predicted octanol–water partition coefficient (Wildman–Crippen LogP) is 2.60. The molecule has 0 aliphatic carbocycles. The van der Waals surface area contributed by atoms with E-state index in [-0.39, 0.29) is 11.8 Å². The summed E-state index contributed by atoms with van der Waals surface area (Å²) in [4.78, 5) is 24.9. The summed E-state index contributed by atoms with van der Waals surface area (Å²) < 4.78 is 0. The Morgan fingerprint density at radius 1 is 1.00 bits per heavy atom. The molecule has 4 heteroatoms. The smallest absolute Gasteiger partial charge is 0.256 e. The number of unbranched alkanes of at least 4 members (excludes halogenated alkanes) is 1. The summed E-state index contributed by atoms with van der Waals surface area (Å²) in [7, 11) is 0. The van der Waals surface area contributed by atoms with Gasteiger partial charge in [-0.2, -0.15) is 0 Å². The molecule has 0 N–H and O–H groups in total. The third kappa shape index (κ3) is 2.55. The van der Waals surface area contributed by atoms with Crippen LogP contribution in [0.3, 0.4) is 0 Å². The minimum Gasteiger partial charge on any atom is -0.272 e. The van der Waals surface area contributed by atoms with E-state index in [0.29, 0.717) is 13.1 Å². The van der Waals surface area contributed by atoms with Gasteiger partial charge in [0.25, 0.3) is 11.8 Å². The van der Waals surface area contributed by atoms with Gasteiger partial charge in [0.15, 0.2) is 0 Å². The molecule has 1 aliphatic rings. The van der Waals surface area contributed by atoms with E-state index in [9.17, 15) is 9.59 Å². The highest BCUT2D eigenvalue weighted by molar-refractivity contribution is 6.08. The van der Waals surface area contributed by atoms with Gasteiger partial charge >= 0.3 is 0 Å². The molecule has 1 fully saturated rings. The Labute approximate surface area is 120 Å². The molecule has 20 heavy (non-hydrogen) atoms. The maximum absolute atomic E-state index is 12.5. The van der Waals surface area contributed by atoms with Gasteiger partial charge in [0.1, 0.15) is 5.41 Å². The first-order valence-electron chi connectivity index (χ1n) is 7.16. The lowest BCUT2D eigenvalue weighted by molar-refractivity contribution is -0.148. The molecule has 0 unspecified atom stereocenters. The molecule has 1 aromatic carbocycles. The van der Waals surface area contributed by atoms with Crippen molar-refractivity contribution in [1.29, 1.82) is 0 Å². The van der Waals surface area contributed by atoms with Crippen molar-refractivity contribution in [2.75, 3.05) is 6.54 Å². The van der Waals surface area contributed by atoms with Gasteiger partial charge in [-0.1, -0.05) is 43.7 Å². The summed E-state index contributed by atoms with van der Waals surface area (Å²) >= 11 is 0. The van der Waals surface area contributed by atoms with E-state index in [1.807, 2.05) is 30.3 Å². The van der Waals surface area contributed by atoms with Crippen molar-refractivity contribution in [3.05, 3.63) is 35.9 Å². The van der Waals surface area contributed by atoms with Crippen molar-refractivity contribution < 1.29 is 9.59 Å². The van der Waals surface area contributed by atoms with Gasteiger partial charge in [0, 0.05) is 6.54 Å². The number of hydrogen-bond donors (Lipinski definition) is 0. The number of benzene rings is 1. The van der Waals surface area contributed by atoms with Crippen molar-refractivity contribution in [2.24, 2.45) is 5.41 Å². The molecule has 2 rings (SSSR count). The Hall–Kier alpha value is -1.84. The number of nitrogens with zero attached hydrogens (tertiary/aromatic N) is 2. The number of hydrogen-bond acceptors (Lipinski definition) is 2. The van der Waals surface area contributed by atoms with E-state index in [2.05, 4.69) is 6.92 Å². The third-order valence-corrected chi connectivity index (χ3v) is 3.73. The topological polar surface area (TPSA) is 40.6 Å². The Morgan fingerprint density at radius 2 is 1.60 bits per heavy atom. The zero-order valence-electron chi connectivity index (χ0n) is 12.4. The number of carbonyl (C=O) groups is 2. The summed E-state index contributed by atoms with van der Waals surface area (Å²) in [6, 6.07) is 9.78. The lowest BCUT2D eigenvalue weighted by atomic mass is 9.93. The van der Waals surface area contributed by atoms with Gasteiger partial charge in [-0.15, -0.1) is 0 Å². The van der Waals surface area contributed by atoms with Crippen LogP contribution in [0.4, 0.5) is 0 Å². The second-order valence-electron chi connectivity index (χ2n) is 5.76. The second kappa shape index (κ2) is 5.65. The molecule has 108 valence electrons. The van der Waals surface area contributed by atoms with E-state index in [1.165, 1.54) is 0 Å². The van der Waals surface area contributed by atoms with Crippen LogP contribution in [0.25, 0.3) is 0 Å². The molecule has 0 radical (unpaired) electrons. The summed E-state index contributed by atoms with van der Waals surface area (Å²) in [5.74, 6) is -0.200. The van der Waals surface area contributed by atoms with Crippen molar-refractivity contribution in [1.82, 2.24) is 10.0 Å². The molecule has 0 aromatic heterocycles. The van der Waals surface area contributed by atoms with Gasteiger partial charge in [0.05, 0.1) is 6.54 Å². The molecule has 1 heterocycles. The summed E-state index contributed by atoms with van der Waals surface area (Å²) in [6.07, 6.45) is 1.90. The van der Waals surface area contributed by atoms with Gasteiger partial charge in [-0.25, -0.2) is 5.01 Å². The summed E-state index contributed by atoms with van der Waals surface area (Å²) in [5, 5.41) is 3.23. The van der Waals surface area contributed by atoms with Crippen LogP contribution >= 0.6 is 0 Å². The van der Waals surface area contributed by atoms with Crippen LogP contribution in [0.15, 0.2) is 30.3 Å². The van der Waals surface area contributed by atoms with E-state index >= 15 is 0 Å². The van der Waals surface area contributed by atoms with Crippen molar-refractivity contribution in [3.8, 4) is 0 Å². The molecule has 0 bridgehead atoms. The fourth-order valence-electron chi connectivity index (χ4n) is 2.40. The maximum atomic E-state index is 12.5. The summed E-state index contributed by atoms with van der Waals surface area (Å²) in [5.41, 5.74) is 0.0931. The minimum absolute atomic E-state index is 0.0909. The van der Waals surface area contributed by atoms with Crippen LogP contribution in [-0.4, -0.2) is 28.4 Å². The molecule has 4 nitrogen and oxygen atoms in total. The van der Waals surface area contributed by atoms with E-state index in [4.69, 9.17) is 0 Å². The van der Waals surface area contributed by atoms with Crippen LogP contribution in [0.5, 0.6) is 0 Å². The van der Waals surface area contributed by atoms with Crippen LogP contribution in [0.1, 0.15) is 39.2 Å². The molecule has 2 amide bonds. The summed E-state index contributed by atoms with van der Waals surface area (Å²) in [6.45, 7) is 6.56. The first-order chi connectivity index (χ1) is 9.48. The standard InChI is InChI=1S/C16H22N2O2/c1-4-5-11-17-14(19)16(2,3)15(20)18(17)12-13-9-7-6-8-10-13/h6-10H,4-5,11-12H2,1-3H3. The number of carbonyl (C=O) groups excluding carboxylic acids is 2. The lowest BCUT2D eigenvalue weighted by Crippen LogP contribution is -2.40. The number of rotatable bonds is 5. The molecule has 1 aromatic rings. The van der Waals surface area contributed by atoms with E-state index in [0.717, 1.165) is 18.4 Å². The van der Waals surface area contributed by atoms with Gasteiger partial charge in [0.2, 0.25) is 0 Å². The Kier molecular flexibility index (Phi) is 4.12. The van der Waals surface area contributed by atoms with Crippen molar-refractivity contribution in [3.63, 3.8) is 0 Å². The third-order valence-electron chi connectivity index (χ3n) is 3.73. The predicted molar refractivity (Wildman–Crippen MR) is 77.4 cm³/mol. The Bertz CT molecular complexity index is 496. The van der Waals surface area contributed by atoms with Crippen LogP contribution in [0.2, 0.25) is 0 Å². The fourth-order valence-corrected chi connectivity index (χ4v) is 2.40. The van der Waals surface area contributed by atoms with Crippen molar-refractivity contribution in [2.45, 2.75) is 40.2 Å². The highest BCUT2D eigenvalue weighted by Crippen LogP contribution is 2.32. The first-order valence-corrected chi connectivity index (χ1v) is 7.16. The van der Waals surface area contributed by atoms with E-state index < -0.39 is 5.41 Å². The zero-order valence-corrected chi connectivity index (χ0v) is 12.4. The molecule has 0 atom stereocenters. The van der Waals surface area contributed by atoms with Gasteiger partial charge in [-0.05, 0) is 25.8 Å². The average molecular weight is 274 g/mol. The highest BCUT2D eigenvalue weighted by atomic mass is 16.2. The lowest BCUT2D eigenvalue weighted by Gasteiger charge is -2.27. The maximum Gasteiger partial charge on any atom is 0.256 e. The minimum atomic E-state index is -0.942. The van der Waals surface area contributed by atoms with Gasteiger partial charge < -0.3 is 0 Å². The number of hydrazine groups is 1. The number of amides is 2. The highest BCUT2D eigenvalue weighted by Gasteiger charge is 2.51. The molecule has 1 aliphatic heterocycles. The Morgan fingerprint density at radius 3 is 2.20 bits per heavy atom. The molecule has 1 saturated heterocycles. The molecular weight excluding hydrogens is 252 g/mol. The largest absolute Gasteiger partial charge is 0.272 e. The van der Waals surface area contributed by atoms with Crippen molar-refractivity contribution >= 4 is 11.8 Å². The molecule has 0 saturated carbocycles. The molecular formula is C16H22N2O2. The van der Waals surface area contributed by atoms with Crippen LogP contribution in [-0.2, 0) is 16.1 Å². The van der Waals surface area contributed by atoms with E-state index in [1.54, 1.807) is 23.9 Å². The normalized spacial score (nSPS) is 17.9. The molecule has 0 spiro atoms. The second-order valence-corrected chi connectivity index (χ2v) is 5.76. The SMILES string of the molecule is CCCCN1C(=O)C(C)(C)C(=O)N1Cc1ccccc1. The Balaban J connectivity index is 2.23. The quantitative estimate of drug-likeness (QED) is 0.774. The van der Waals surface area contributed by atoms with Gasteiger partial charge in [-0.3, -0.25) is 14.6 Å².